The molecule has 7 nitrogen and oxygen atoms in total. The zero-order valence-electron chi connectivity index (χ0n) is 14.3. The first-order chi connectivity index (χ1) is 12.0. The molecule has 132 valence electrons. The van der Waals surface area contributed by atoms with E-state index in [0.717, 1.165) is 12.8 Å². The molecule has 1 aliphatic rings. The largest absolute Gasteiger partial charge is 0.464 e. The van der Waals surface area contributed by atoms with Gasteiger partial charge in [0.25, 0.3) is 5.91 Å². The van der Waals surface area contributed by atoms with Crippen LogP contribution in [0.1, 0.15) is 57.1 Å². The van der Waals surface area contributed by atoms with Gasteiger partial charge in [0.15, 0.2) is 5.78 Å². The van der Waals surface area contributed by atoms with Crippen molar-refractivity contribution in [2.45, 2.75) is 25.8 Å². The van der Waals surface area contributed by atoms with Crippen molar-refractivity contribution in [3.05, 3.63) is 47.5 Å². The first kappa shape index (κ1) is 17.0. The molecule has 0 saturated carbocycles. The monoisotopic (exact) mass is 343 g/mol. The van der Waals surface area contributed by atoms with Gasteiger partial charge in [0.2, 0.25) is 0 Å². The number of aromatic amines is 1. The number of amides is 1. The number of hydrogen-bond donors (Lipinski definition) is 1. The second kappa shape index (κ2) is 6.96. The van der Waals surface area contributed by atoms with Gasteiger partial charge in [-0.3, -0.25) is 9.59 Å². The Bertz CT molecular complexity index is 797. The normalized spacial score (nSPS) is 15.2. The zero-order valence-corrected chi connectivity index (χ0v) is 14.3. The number of rotatable bonds is 4. The van der Waals surface area contributed by atoms with Crippen molar-refractivity contribution in [3.63, 3.8) is 0 Å². The van der Waals surface area contributed by atoms with E-state index in [4.69, 9.17) is 4.74 Å². The maximum absolute atomic E-state index is 12.6. The lowest BCUT2D eigenvalue weighted by Crippen LogP contribution is -2.39. The Labute approximate surface area is 145 Å². The molecule has 0 aliphatic carbocycles. The van der Waals surface area contributed by atoms with E-state index in [9.17, 15) is 14.4 Å². The van der Waals surface area contributed by atoms with Crippen molar-refractivity contribution >= 4 is 17.7 Å². The van der Waals surface area contributed by atoms with E-state index < -0.39 is 0 Å². The molecule has 1 N–H and O–H groups in total. The molecular formula is C18H21N3O4. The molecule has 1 saturated heterocycles. The van der Waals surface area contributed by atoms with Crippen LogP contribution >= 0.6 is 0 Å². The van der Waals surface area contributed by atoms with Crippen molar-refractivity contribution in [1.82, 2.24) is 14.5 Å². The first-order valence-electron chi connectivity index (χ1n) is 8.25. The third-order valence-electron chi connectivity index (χ3n) is 4.64. The lowest BCUT2D eigenvalue weighted by atomic mass is 10.0. The highest BCUT2D eigenvalue weighted by Crippen LogP contribution is 2.25. The summed E-state index contributed by atoms with van der Waals surface area (Å²) in [5.41, 5.74) is 1.47. The van der Waals surface area contributed by atoms with Crippen LogP contribution in [0, 0.1) is 0 Å². The van der Waals surface area contributed by atoms with Crippen molar-refractivity contribution in [1.29, 1.82) is 0 Å². The van der Waals surface area contributed by atoms with Crippen molar-refractivity contribution in [2.75, 3.05) is 20.2 Å². The first-order valence-corrected chi connectivity index (χ1v) is 8.25. The summed E-state index contributed by atoms with van der Waals surface area (Å²) in [5.74, 6) is -0.532. The maximum Gasteiger partial charge on any atom is 0.354 e. The average Bonchev–Trinajstić information content (AvgIpc) is 3.30. The minimum Gasteiger partial charge on any atom is -0.464 e. The number of esters is 1. The van der Waals surface area contributed by atoms with Crippen LogP contribution in [0.3, 0.4) is 0 Å². The summed E-state index contributed by atoms with van der Waals surface area (Å²) >= 11 is 0. The number of nitrogens with one attached hydrogen (secondary N) is 1. The summed E-state index contributed by atoms with van der Waals surface area (Å²) in [5, 5.41) is 0. The number of nitrogens with zero attached hydrogens (tertiary/aromatic N) is 2. The van der Waals surface area contributed by atoms with Crippen LogP contribution < -0.4 is 0 Å². The molecule has 0 unspecified atom stereocenters. The van der Waals surface area contributed by atoms with Crippen molar-refractivity contribution < 1.29 is 19.1 Å². The van der Waals surface area contributed by atoms with E-state index in [2.05, 4.69) is 4.98 Å². The number of ether oxygens (including phenoxy) is 1. The summed E-state index contributed by atoms with van der Waals surface area (Å²) in [7, 11) is 1.37. The SMILES string of the molecule is COC(=O)c1cccn1C1CCN(C(=O)c2cc(C(C)=O)c[nH]2)CC1. The van der Waals surface area contributed by atoms with Crippen LogP contribution in [0.25, 0.3) is 0 Å². The molecule has 1 aliphatic heterocycles. The number of Topliss-reactive ketones (excluding diaryl/α,β-unsaturated/α-hetero) is 1. The summed E-state index contributed by atoms with van der Waals surface area (Å²) in [4.78, 5) is 40.4. The number of aromatic nitrogens is 2. The molecule has 0 atom stereocenters. The summed E-state index contributed by atoms with van der Waals surface area (Å²) < 4.78 is 6.74. The van der Waals surface area contributed by atoms with Gasteiger partial charge < -0.3 is 19.2 Å². The van der Waals surface area contributed by atoms with Gasteiger partial charge in [-0.1, -0.05) is 0 Å². The average molecular weight is 343 g/mol. The molecule has 2 aromatic heterocycles. The number of carbonyl (C=O) groups is 3. The Morgan fingerprint density at radius 1 is 1.24 bits per heavy atom. The predicted octanol–water partition coefficient (Wildman–Crippen LogP) is 2.28. The van der Waals surface area contributed by atoms with E-state index >= 15 is 0 Å². The molecule has 3 rings (SSSR count). The van der Waals surface area contributed by atoms with Gasteiger partial charge in [-0.2, -0.15) is 0 Å². The Kier molecular flexibility index (Phi) is 4.74. The van der Waals surface area contributed by atoms with Gasteiger partial charge in [0, 0.05) is 37.1 Å². The minimum atomic E-state index is -0.355. The second-order valence-corrected chi connectivity index (χ2v) is 6.17. The number of H-pyrrole nitrogens is 1. The second-order valence-electron chi connectivity index (χ2n) is 6.17. The number of piperidine rings is 1. The summed E-state index contributed by atoms with van der Waals surface area (Å²) in [6.45, 7) is 2.66. The molecule has 0 radical (unpaired) electrons. The van der Waals surface area contributed by atoms with Gasteiger partial charge in [-0.25, -0.2) is 4.79 Å². The highest BCUT2D eigenvalue weighted by Gasteiger charge is 2.27. The molecule has 25 heavy (non-hydrogen) atoms. The van der Waals surface area contributed by atoms with Crippen LogP contribution in [0.4, 0.5) is 0 Å². The van der Waals surface area contributed by atoms with Crippen LogP contribution in [0.15, 0.2) is 30.6 Å². The fraction of sp³-hybridized carbons (Fsp3) is 0.389. The molecule has 3 heterocycles. The molecule has 0 spiro atoms. The summed E-state index contributed by atoms with van der Waals surface area (Å²) in [6, 6.07) is 5.32. The topological polar surface area (TPSA) is 84.4 Å². The lowest BCUT2D eigenvalue weighted by molar-refractivity contribution is 0.0573. The van der Waals surface area contributed by atoms with E-state index in [1.807, 2.05) is 16.8 Å². The number of carbonyl (C=O) groups excluding carboxylic acids is 3. The van der Waals surface area contributed by atoms with Crippen LogP contribution in [0.5, 0.6) is 0 Å². The molecule has 1 amide bonds. The highest BCUT2D eigenvalue weighted by atomic mass is 16.5. The van der Waals surface area contributed by atoms with Crippen molar-refractivity contribution in [3.8, 4) is 0 Å². The summed E-state index contributed by atoms with van der Waals surface area (Å²) in [6.07, 6.45) is 4.94. The van der Waals surface area contributed by atoms with E-state index in [1.165, 1.54) is 14.0 Å². The standard InChI is InChI=1S/C18H21N3O4/c1-12(22)13-10-15(19-11-13)17(23)20-8-5-14(6-9-20)21-7-3-4-16(21)18(24)25-2/h3-4,7,10-11,14,19H,5-6,8-9H2,1-2H3. The zero-order chi connectivity index (χ0) is 18.0. The minimum absolute atomic E-state index is 0.0723. The van der Waals surface area contributed by atoms with Gasteiger partial charge in [0.05, 0.1) is 7.11 Å². The Morgan fingerprint density at radius 3 is 2.56 bits per heavy atom. The Morgan fingerprint density at radius 2 is 1.96 bits per heavy atom. The number of likely N-dealkylation sites (tertiary alicyclic amines) is 1. The predicted molar refractivity (Wildman–Crippen MR) is 90.7 cm³/mol. The fourth-order valence-electron chi connectivity index (χ4n) is 3.23. The van der Waals surface area contributed by atoms with Crippen LogP contribution in [-0.4, -0.2) is 52.3 Å². The quantitative estimate of drug-likeness (QED) is 0.682. The van der Waals surface area contributed by atoms with Crippen LogP contribution in [-0.2, 0) is 4.74 Å². The number of ketones is 1. The highest BCUT2D eigenvalue weighted by molar-refractivity contribution is 5.99. The Hall–Kier alpha value is -2.83. The van der Waals surface area contributed by atoms with Crippen LogP contribution in [0.2, 0.25) is 0 Å². The van der Waals surface area contributed by atoms with Gasteiger partial charge >= 0.3 is 5.97 Å². The van der Waals surface area contributed by atoms with E-state index in [1.54, 1.807) is 23.2 Å². The Balaban J connectivity index is 1.65. The molecule has 1 fully saturated rings. The third kappa shape index (κ3) is 3.35. The molecule has 2 aromatic rings. The number of hydrogen-bond acceptors (Lipinski definition) is 4. The fourth-order valence-corrected chi connectivity index (χ4v) is 3.23. The maximum atomic E-state index is 12.6. The van der Waals surface area contributed by atoms with E-state index in [0.29, 0.717) is 30.0 Å². The lowest BCUT2D eigenvalue weighted by Gasteiger charge is -2.33. The van der Waals surface area contributed by atoms with Gasteiger partial charge in [0.1, 0.15) is 11.4 Å². The molecule has 0 aromatic carbocycles. The smallest absolute Gasteiger partial charge is 0.354 e. The van der Waals surface area contributed by atoms with E-state index in [-0.39, 0.29) is 23.7 Å². The van der Waals surface area contributed by atoms with Gasteiger partial charge in [-0.15, -0.1) is 0 Å². The molecule has 7 heteroatoms. The molecule has 0 bridgehead atoms. The van der Waals surface area contributed by atoms with Gasteiger partial charge in [-0.05, 0) is 38.0 Å². The third-order valence-corrected chi connectivity index (χ3v) is 4.64. The molecular weight excluding hydrogens is 322 g/mol. The number of methoxy groups -OCH3 is 1. The van der Waals surface area contributed by atoms with Crippen molar-refractivity contribution in [2.24, 2.45) is 0 Å².